The van der Waals surface area contributed by atoms with Crippen LogP contribution in [0.3, 0.4) is 0 Å². The zero-order valence-electron chi connectivity index (χ0n) is 10.3. The highest BCUT2D eigenvalue weighted by Crippen LogP contribution is 2.51. The van der Waals surface area contributed by atoms with Gasteiger partial charge in [0, 0.05) is 5.92 Å². The lowest BCUT2D eigenvalue weighted by atomic mass is 9.89. The van der Waals surface area contributed by atoms with E-state index in [4.69, 9.17) is 4.74 Å². The van der Waals surface area contributed by atoms with Crippen LogP contribution in [0, 0.1) is 5.92 Å². The average molecular weight is 238 g/mol. The monoisotopic (exact) mass is 238 g/mol. The number of carbonyl (C=O) groups is 1. The normalized spacial score (nSPS) is 29.2. The van der Waals surface area contributed by atoms with Gasteiger partial charge >= 0.3 is 5.97 Å². The lowest BCUT2D eigenvalue weighted by Crippen LogP contribution is -2.24. The van der Waals surface area contributed by atoms with E-state index in [0.29, 0.717) is 12.3 Å². The molecule has 4 rings (SSSR count). The van der Waals surface area contributed by atoms with E-state index in [1.54, 1.807) is 0 Å². The van der Waals surface area contributed by atoms with Crippen LogP contribution in [0.4, 0.5) is 0 Å². The minimum absolute atomic E-state index is 0.0543. The summed E-state index contributed by atoms with van der Waals surface area (Å²) in [5, 5.41) is 2.58. The number of hydrogen-bond acceptors (Lipinski definition) is 2. The molecule has 2 aromatic carbocycles. The molecule has 1 fully saturated rings. The predicted octanol–water partition coefficient (Wildman–Crippen LogP) is 3.17. The lowest BCUT2D eigenvalue weighted by molar-refractivity contribution is -0.148. The van der Waals surface area contributed by atoms with E-state index in [9.17, 15) is 4.79 Å². The maximum Gasteiger partial charge on any atom is 0.307 e. The van der Waals surface area contributed by atoms with Crippen molar-refractivity contribution in [2.45, 2.75) is 25.4 Å². The highest BCUT2D eigenvalue weighted by atomic mass is 16.6. The van der Waals surface area contributed by atoms with Gasteiger partial charge in [0.25, 0.3) is 0 Å². The molecule has 2 nitrogen and oxygen atoms in total. The fourth-order valence-corrected chi connectivity index (χ4v) is 3.57. The van der Waals surface area contributed by atoms with Crippen LogP contribution in [0.1, 0.15) is 24.5 Å². The summed E-state index contributed by atoms with van der Waals surface area (Å²) in [5.74, 6) is 0.257. The van der Waals surface area contributed by atoms with E-state index < -0.39 is 5.60 Å². The summed E-state index contributed by atoms with van der Waals surface area (Å²) in [5.41, 5.74) is 2.18. The van der Waals surface area contributed by atoms with Gasteiger partial charge in [-0.25, -0.2) is 0 Å². The summed E-state index contributed by atoms with van der Waals surface area (Å²) >= 11 is 0. The Labute approximate surface area is 106 Å². The van der Waals surface area contributed by atoms with E-state index in [0.717, 1.165) is 6.42 Å². The van der Waals surface area contributed by atoms with Crippen LogP contribution in [-0.2, 0) is 21.6 Å². The van der Waals surface area contributed by atoms with Crippen LogP contribution in [-0.4, -0.2) is 5.97 Å². The van der Waals surface area contributed by atoms with E-state index in [1.807, 2.05) is 0 Å². The van der Waals surface area contributed by atoms with Crippen molar-refractivity contribution in [1.82, 2.24) is 0 Å². The molecule has 1 aliphatic carbocycles. The van der Waals surface area contributed by atoms with Gasteiger partial charge in [0.05, 0.1) is 6.42 Å². The third-order valence-corrected chi connectivity index (χ3v) is 4.54. The van der Waals surface area contributed by atoms with Crippen molar-refractivity contribution in [3.63, 3.8) is 0 Å². The second kappa shape index (κ2) is 3.14. The van der Waals surface area contributed by atoms with Crippen molar-refractivity contribution >= 4 is 16.7 Å². The number of carbonyl (C=O) groups excluding carboxylic acids is 1. The summed E-state index contributed by atoms with van der Waals surface area (Å²) < 4.78 is 5.61. The Morgan fingerprint density at radius 3 is 2.89 bits per heavy atom. The number of fused-ring (bicyclic) bond motifs is 5. The third kappa shape index (κ3) is 1.10. The highest BCUT2D eigenvalue weighted by molar-refractivity contribution is 5.88. The Morgan fingerprint density at radius 1 is 1.17 bits per heavy atom. The zero-order chi connectivity index (χ0) is 12.3. The number of ether oxygens (including phenoxy) is 1. The number of rotatable bonds is 0. The lowest BCUT2D eigenvalue weighted by Gasteiger charge is -2.23. The molecule has 2 aromatic rings. The first kappa shape index (κ1) is 10.1. The van der Waals surface area contributed by atoms with Gasteiger partial charge in [-0.05, 0) is 35.2 Å². The first-order chi connectivity index (χ1) is 8.68. The molecule has 0 unspecified atom stereocenters. The molecule has 1 heterocycles. The molecule has 2 aliphatic rings. The van der Waals surface area contributed by atoms with Crippen molar-refractivity contribution in [3.05, 3.63) is 47.5 Å². The van der Waals surface area contributed by atoms with Gasteiger partial charge in [0.1, 0.15) is 5.60 Å². The first-order valence-electron chi connectivity index (χ1n) is 6.41. The first-order valence-corrected chi connectivity index (χ1v) is 6.41. The summed E-state index contributed by atoms with van der Waals surface area (Å²) in [6.07, 6.45) is 1.51. The van der Waals surface area contributed by atoms with Crippen molar-refractivity contribution in [2.75, 3.05) is 0 Å². The van der Waals surface area contributed by atoms with Gasteiger partial charge in [0.15, 0.2) is 0 Å². The predicted molar refractivity (Wildman–Crippen MR) is 69.2 cm³/mol. The summed E-state index contributed by atoms with van der Waals surface area (Å²) in [4.78, 5) is 11.5. The van der Waals surface area contributed by atoms with Crippen molar-refractivity contribution < 1.29 is 9.53 Å². The molecule has 1 saturated heterocycles. The van der Waals surface area contributed by atoms with E-state index in [-0.39, 0.29) is 5.97 Å². The van der Waals surface area contributed by atoms with Crippen LogP contribution in [0.15, 0.2) is 36.4 Å². The van der Waals surface area contributed by atoms with Gasteiger partial charge in [-0.15, -0.1) is 0 Å². The number of hydrogen-bond donors (Lipinski definition) is 0. The fraction of sp³-hybridized carbons (Fsp3) is 0.312. The van der Waals surface area contributed by atoms with E-state index in [1.165, 1.54) is 21.9 Å². The maximum atomic E-state index is 11.5. The molecule has 0 spiro atoms. The van der Waals surface area contributed by atoms with Crippen LogP contribution in [0.2, 0.25) is 0 Å². The Hall–Kier alpha value is -1.83. The SMILES string of the molecule is C[C@]12OC(=O)C[C@H]1Cc1c2ccc2ccccc12. The van der Waals surface area contributed by atoms with Crippen molar-refractivity contribution in [2.24, 2.45) is 5.92 Å². The summed E-state index contributed by atoms with van der Waals surface area (Å²) in [6.45, 7) is 2.06. The van der Waals surface area contributed by atoms with Crippen LogP contribution in [0.5, 0.6) is 0 Å². The quantitative estimate of drug-likeness (QED) is 0.659. The molecule has 0 amide bonds. The zero-order valence-corrected chi connectivity index (χ0v) is 10.3. The van der Waals surface area contributed by atoms with Crippen LogP contribution >= 0.6 is 0 Å². The highest BCUT2D eigenvalue weighted by Gasteiger charge is 2.52. The van der Waals surface area contributed by atoms with Crippen molar-refractivity contribution in [1.29, 1.82) is 0 Å². The molecule has 18 heavy (non-hydrogen) atoms. The Morgan fingerprint density at radius 2 is 2.00 bits per heavy atom. The third-order valence-electron chi connectivity index (χ3n) is 4.54. The van der Waals surface area contributed by atoms with Gasteiger partial charge in [-0.3, -0.25) is 4.79 Å². The van der Waals surface area contributed by atoms with Gasteiger partial charge < -0.3 is 4.74 Å². The second-order valence-corrected chi connectivity index (χ2v) is 5.50. The van der Waals surface area contributed by atoms with E-state index in [2.05, 4.69) is 43.3 Å². The molecule has 0 N–H and O–H groups in total. The average Bonchev–Trinajstić information content (AvgIpc) is 2.78. The number of esters is 1. The smallest absolute Gasteiger partial charge is 0.307 e. The van der Waals surface area contributed by atoms with Crippen molar-refractivity contribution in [3.8, 4) is 0 Å². The Kier molecular flexibility index (Phi) is 1.76. The largest absolute Gasteiger partial charge is 0.454 e. The molecule has 2 heteroatoms. The molecule has 0 bridgehead atoms. The van der Waals surface area contributed by atoms with E-state index >= 15 is 0 Å². The molecule has 0 saturated carbocycles. The van der Waals surface area contributed by atoms with Crippen LogP contribution in [0.25, 0.3) is 10.8 Å². The van der Waals surface area contributed by atoms with Gasteiger partial charge in [-0.2, -0.15) is 0 Å². The molecule has 0 aromatic heterocycles. The van der Waals surface area contributed by atoms with Gasteiger partial charge in [0.2, 0.25) is 0 Å². The maximum absolute atomic E-state index is 11.5. The molecule has 90 valence electrons. The molecule has 1 aliphatic heterocycles. The molecule has 0 radical (unpaired) electrons. The minimum atomic E-state index is -0.392. The summed E-state index contributed by atoms with van der Waals surface area (Å²) in [6, 6.07) is 12.7. The fourth-order valence-electron chi connectivity index (χ4n) is 3.57. The topological polar surface area (TPSA) is 26.3 Å². The van der Waals surface area contributed by atoms with Crippen LogP contribution < -0.4 is 0 Å². The molecular weight excluding hydrogens is 224 g/mol. The summed E-state index contributed by atoms with van der Waals surface area (Å²) in [7, 11) is 0. The standard InChI is InChI=1S/C16H14O2/c1-16-11(9-15(17)18-16)8-13-12-5-3-2-4-10(12)6-7-14(13)16/h2-7,11H,8-9H2,1H3/t11-,16+/m1/s1. The second-order valence-electron chi connectivity index (χ2n) is 5.50. The molecule has 2 atom stereocenters. The minimum Gasteiger partial charge on any atom is -0.454 e. The van der Waals surface area contributed by atoms with Gasteiger partial charge in [-0.1, -0.05) is 36.4 Å². The number of benzene rings is 2. The Balaban J connectivity index is 2.00. The molecular formula is C16H14O2. The Bertz CT molecular complexity index is 674.